The van der Waals surface area contributed by atoms with Crippen molar-refractivity contribution in [3.05, 3.63) is 59.7 Å². The fourth-order valence-corrected chi connectivity index (χ4v) is 3.22. The number of hydrogen-bond acceptors (Lipinski definition) is 4. The van der Waals surface area contributed by atoms with Crippen molar-refractivity contribution in [2.24, 2.45) is 0 Å². The molecule has 0 aliphatic carbocycles. The van der Waals surface area contributed by atoms with Crippen LogP contribution >= 0.6 is 0 Å². The van der Waals surface area contributed by atoms with Crippen LogP contribution in [0.15, 0.2) is 48.5 Å². The van der Waals surface area contributed by atoms with Crippen LogP contribution in [0.2, 0.25) is 0 Å². The molecule has 1 N–H and O–H groups in total. The van der Waals surface area contributed by atoms with Gasteiger partial charge < -0.3 is 9.47 Å². The van der Waals surface area contributed by atoms with Gasteiger partial charge in [-0.1, -0.05) is 36.4 Å². The van der Waals surface area contributed by atoms with Gasteiger partial charge in [-0.3, -0.25) is 10.1 Å². The molecule has 0 atom stereocenters. The molecule has 0 spiro atoms. The van der Waals surface area contributed by atoms with E-state index in [1.807, 2.05) is 24.3 Å². The first-order valence-corrected chi connectivity index (χ1v) is 9.06. The topological polar surface area (TPSA) is 47.6 Å². The summed E-state index contributed by atoms with van der Waals surface area (Å²) in [6.07, 6.45) is -3.18. The van der Waals surface area contributed by atoms with Crippen LogP contribution in [0.1, 0.15) is 30.9 Å². The highest BCUT2D eigenvalue weighted by Crippen LogP contribution is 2.31. The van der Waals surface area contributed by atoms with Crippen molar-refractivity contribution >= 4 is 5.97 Å². The summed E-state index contributed by atoms with van der Waals surface area (Å²) >= 11 is 0. The quantitative estimate of drug-likeness (QED) is 0.599. The van der Waals surface area contributed by atoms with Crippen molar-refractivity contribution in [2.45, 2.75) is 38.2 Å². The van der Waals surface area contributed by atoms with Crippen LogP contribution in [0.3, 0.4) is 0 Å². The number of rotatable bonds is 5. The van der Waals surface area contributed by atoms with Crippen LogP contribution in [0.25, 0.3) is 11.1 Å². The fraction of sp³-hybridized carbons (Fsp3) is 0.381. The number of benzene rings is 2. The second-order valence-electron chi connectivity index (χ2n) is 6.83. The maximum atomic E-state index is 12.7. The van der Waals surface area contributed by atoms with Crippen LogP contribution in [0.4, 0.5) is 13.2 Å². The molecule has 3 rings (SSSR count). The SMILES string of the molecule is CC(=O)OC1(NCc2ccc(-c3ccc(C(F)(F)F)cc3)cc2)CCOCC1. The first-order valence-electron chi connectivity index (χ1n) is 9.06. The molecule has 1 aliphatic rings. The molecule has 0 unspecified atom stereocenters. The standard InChI is InChI=1S/C21H22F3NO3/c1-15(26)28-20(10-12-27-13-11-20)25-14-16-2-4-17(5-3-16)18-6-8-19(9-7-18)21(22,23)24/h2-9,25H,10-14H2,1H3. The van der Waals surface area contributed by atoms with Gasteiger partial charge in [-0.15, -0.1) is 0 Å². The van der Waals surface area contributed by atoms with E-state index in [1.54, 1.807) is 0 Å². The maximum absolute atomic E-state index is 12.7. The summed E-state index contributed by atoms with van der Waals surface area (Å²) in [4.78, 5) is 11.4. The van der Waals surface area contributed by atoms with Crippen LogP contribution in [0, 0.1) is 0 Å². The summed E-state index contributed by atoms with van der Waals surface area (Å²) in [5.74, 6) is -0.341. The lowest BCUT2D eigenvalue weighted by atomic mass is 10.0. The predicted molar refractivity (Wildman–Crippen MR) is 98.3 cm³/mol. The lowest BCUT2D eigenvalue weighted by Gasteiger charge is -2.37. The van der Waals surface area contributed by atoms with Crippen molar-refractivity contribution in [1.82, 2.24) is 5.32 Å². The fourth-order valence-electron chi connectivity index (χ4n) is 3.22. The first-order chi connectivity index (χ1) is 13.3. The summed E-state index contributed by atoms with van der Waals surface area (Å²) in [6.45, 7) is 2.93. The van der Waals surface area contributed by atoms with Gasteiger partial charge in [0, 0.05) is 26.3 Å². The minimum Gasteiger partial charge on any atom is -0.444 e. The van der Waals surface area contributed by atoms with Gasteiger partial charge in [0.2, 0.25) is 0 Å². The molecule has 2 aromatic rings. The van der Waals surface area contributed by atoms with Gasteiger partial charge in [-0.2, -0.15) is 13.2 Å². The Hall–Kier alpha value is -2.38. The number of alkyl halides is 3. The Kier molecular flexibility index (Phi) is 6.05. The summed E-state index contributed by atoms with van der Waals surface area (Å²) in [7, 11) is 0. The van der Waals surface area contributed by atoms with Crippen LogP contribution in [-0.2, 0) is 27.0 Å². The van der Waals surface area contributed by atoms with E-state index in [4.69, 9.17) is 9.47 Å². The average molecular weight is 393 g/mol. The van der Waals surface area contributed by atoms with Crippen LogP contribution < -0.4 is 5.32 Å². The van der Waals surface area contributed by atoms with Crippen molar-refractivity contribution in [2.75, 3.05) is 13.2 Å². The van der Waals surface area contributed by atoms with E-state index in [9.17, 15) is 18.0 Å². The minimum absolute atomic E-state index is 0.341. The third-order valence-electron chi connectivity index (χ3n) is 4.75. The van der Waals surface area contributed by atoms with Crippen molar-refractivity contribution in [1.29, 1.82) is 0 Å². The van der Waals surface area contributed by atoms with Crippen LogP contribution in [0.5, 0.6) is 0 Å². The van der Waals surface area contributed by atoms with E-state index < -0.39 is 17.5 Å². The Morgan fingerprint density at radius 1 is 1.04 bits per heavy atom. The molecule has 1 heterocycles. The average Bonchev–Trinajstić information content (AvgIpc) is 2.66. The molecular formula is C21H22F3NO3. The second kappa shape index (κ2) is 8.32. The van der Waals surface area contributed by atoms with E-state index in [-0.39, 0.29) is 5.97 Å². The summed E-state index contributed by atoms with van der Waals surface area (Å²) < 4.78 is 48.9. The molecule has 7 heteroatoms. The van der Waals surface area contributed by atoms with Gasteiger partial charge in [0.1, 0.15) is 0 Å². The Bertz CT molecular complexity index is 795. The number of carbonyl (C=O) groups excluding carboxylic acids is 1. The highest BCUT2D eigenvalue weighted by Gasteiger charge is 2.35. The number of hydrogen-bond donors (Lipinski definition) is 1. The molecule has 2 aromatic carbocycles. The number of carbonyl (C=O) groups is 1. The molecule has 1 fully saturated rings. The highest BCUT2D eigenvalue weighted by molar-refractivity contribution is 5.66. The molecule has 28 heavy (non-hydrogen) atoms. The van der Waals surface area contributed by atoms with Crippen molar-refractivity contribution in [3.8, 4) is 11.1 Å². The van der Waals surface area contributed by atoms with E-state index in [0.717, 1.165) is 23.3 Å². The van der Waals surface area contributed by atoms with Crippen LogP contribution in [-0.4, -0.2) is 24.9 Å². The zero-order chi connectivity index (χ0) is 20.2. The summed E-state index contributed by atoms with van der Waals surface area (Å²) in [5.41, 5.74) is 1.14. The zero-order valence-electron chi connectivity index (χ0n) is 15.5. The molecule has 1 saturated heterocycles. The number of nitrogens with one attached hydrogen (secondary N) is 1. The monoisotopic (exact) mass is 393 g/mol. The summed E-state index contributed by atoms with van der Waals surface area (Å²) in [5, 5.41) is 3.32. The third-order valence-corrected chi connectivity index (χ3v) is 4.75. The third kappa shape index (κ3) is 5.11. The van der Waals surface area contributed by atoms with Crippen molar-refractivity contribution in [3.63, 3.8) is 0 Å². The van der Waals surface area contributed by atoms with Crippen molar-refractivity contribution < 1.29 is 27.4 Å². The molecule has 0 aromatic heterocycles. The second-order valence-corrected chi connectivity index (χ2v) is 6.83. The molecular weight excluding hydrogens is 371 g/mol. The molecule has 4 nitrogen and oxygen atoms in total. The molecule has 0 radical (unpaired) electrons. The smallest absolute Gasteiger partial charge is 0.416 e. The van der Waals surface area contributed by atoms with Gasteiger partial charge in [0.25, 0.3) is 0 Å². The lowest BCUT2D eigenvalue weighted by molar-refractivity contribution is -0.173. The van der Waals surface area contributed by atoms with Gasteiger partial charge in [-0.05, 0) is 28.8 Å². The Morgan fingerprint density at radius 2 is 1.57 bits per heavy atom. The van der Waals surface area contributed by atoms with Gasteiger partial charge in [-0.25, -0.2) is 0 Å². The number of halogens is 3. The molecule has 0 saturated carbocycles. The van der Waals surface area contributed by atoms with E-state index >= 15 is 0 Å². The minimum atomic E-state index is -4.34. The van der Waals surface area contributed by atoms with E-state index in [0.29, 0.717) is 38.2 Å². The largest absolute Gasteiger partial charge is 0.444 e. The molecule has 0 bridgehead atoms. The molecule has 1 aliphatic heterocycles. The predicted octanol–water partition coefficient (Wildman–Crippen LogP) is 4.53. The Balaban J connectivity index is 1.66. The van der Waals surface area contributed by atoms with Gasteiger partial charge in [0.05, 0.1) is 18.8 Å². The first kappa shape index (κ1) is 20.4. The number of ether oxygens (including phenoxy) is 2. The van der Waals surface area contributed by atoms with Gasteiger partial charge in [0.15, 0.2) is 5.72 Å². The number of esters is 1. The highest BCUT2D eigenvalue weighted by atomic mass is 19.4. The zero-order valence-corrected chi connectivity index (χ0v) is 15.5. The molecule has 150 valence electrons. The Morgan fingerprint density at radius 3 is 2.07 bits per heavy atom. The van der Waals surface area contributed by atoms with E-state index in [2.05, 4.69) is 5.32 Å². The normalized spacial score (nSPS) is 16.6. The maximum Gasteiger partial charge on any atom is 0.416 e. The van der Waals surface area contributed by atoms with E-state index in [1.165, 1.54) is 19.1 Å². The summed E-state index contributed by atoms with van der Waals surface area (Å²) in [6, 6.07) is 12.6. The Labute approximate surface area is 161 Å². The van der Waals surface area contributed by atoms with Gasteiger partial charge >= 0.3 is 12.1 Å². The lowest BCUT2D eigenvalue weighted by Crippen LogP contribution is -2.52. The molecule has 0 amide bonds.